The Morgan fingerprint density at radius 1 is 1.37 bits per heavy atom. The average Bonchev–Trinajstić information content (AvgIpc) is 2.38. The molecule has 0 aliphatic rings. The Morgan fingerprint density at radius 2 is 2.05 bits per heavy atom. The summed E-state index contributed by atoms with van der Waals surface area (Å²) in [7, 11) is -4.57. The first-order valence-electron chi connectivity index (χ1n) is 5.64. The molecular formula is C11H15NO6P-. The molecule has 8 heteroatoms. The van der Waals surface area contributed by atoms with E-state index >= 15 is 0 Å². The molecule has 0 fully saturated rings. The van der Waals surface area contributed by atoms with Gasteiger partial charge < -0.3 is 14.2 Å². The molecule has 1 N–H and O–H groups in total. The summed E-state index contributed by atoms with van der Waals surface area (Å²) in [5.41, 5.74) is 2.54. The quantitative estimate of drug-likeness (QED) is 0.601. The number of amides is 1. The van der Waals surface area contributed by atoms with Crippen molar-refractivity contribution >= 4 is 13.9 Å². The van der Waals surface area contributed by atoms with Crippen molar-refractivity contribution in [2.24, 2.45) is 0 Å². The van der Waals surface area contributed by atoms with Crippen LogP contribution in [0.2, 0.25) is 0 Å². The Labute approximate surface area is 111 Å². The van der Waals surface area contributed by atoms with Crippen molar-refractivity contribution in [3.8, 4) is 0 Å². The summed E-state index contributed by atoms with van der Waals surface area (Å²) in [6.45, 7) is 1.61. The molecule has 0 aliphatic heterocycles. The number of hydroxylamine groups is 1. The maximum Gasteiger partial charge on any atom is 0.431 e. The van der Waals surface area contributed by atoms with Gasteiger partial charge in [0, 0.05) is 0 Å². The summed E-state index contributed by atoms with van der Waals surface area (Å²) in [5.74, 6) is 0. The maximum absolute atomic E-state index is 11.2. The normalized spacial score (nSPS) is 13.6. The molecule has 0 radical (unpaired) electrons. The summed E-state index contributed by atoms with van der Waals surface area (Å²) in [4.78, 5) is 22.1. The molecule has 0 saturated carbocycles. The Kier molecular flexibility index (Phi) is 6.52. The zero-order valence-corrected chi connectivity index (χ0v) is 11.3. The van der Waals surface area contributed by atoms with Crippen molar-refractivity contribution < 1.29 is 28.1 Å². The standard InChI is InChI=1S/C11H16NO6P/c1-2-16-11(13)12-18-19(14,15)17-9-8-10-6-4-3-5-7-10/h3-7H,2,8-9H2,1H3,(H,12,13)(H,14,15)/p-1. The zero-order valence-electron chi connectivity index (χ0n) is 10.4. The first-order valence-corrected chi connectivity index (χ1v) is 7.10. The van der Waals surface area contributed by atoms with E-state index in [9.17, 15) is 14.3 Å². The van der Waals surface area contributed by atoms with Crippen LogP contribution >= 0.6 is 7.82 Å². The number of phosphoric acid groups is 1. The number of carbonyl (C=O) groups excluding carboxylic acids is 1. The van der Waals surface area contributed by atoms with Gasteiger partial charge in [-0.2, -0.15) is 10.1 Å². The van der Waals surface area contributed by atoms with Crippen LogP contribution in [-0.2, 0) is 24.9 Å². The van der Waals surface area contributed by atoms with Crippen molar-refractivity contribution in [1.29, 1.82) is 0 Å². The fourth-order valence-corrected chi connectivity index (χ4v) is 1.75. The van der Waals surface area contributed by atoms with Gasteiger partial charge in [0.15, 0.2) is 0 Å². The monoisotopic (exact) mass is 288 g/mol. The van der Waals surface area contributed by atoms with Crippen molar-refractivity contribution in [2.45, 2.75) is 13.3 Å². The lowest BCUT2D eigenvalue weighted by Crippen LogP contribution is -2.26. The number of nitrogens with one attached hydrogen (secondary N) is 1. The van der Waals surface area contributed by atoms with E-state index in [1.807, 2.05) is 30.3 Å². The number of carbonyl (C=O) groups is 1. The topological polar surface area (TPSA) is 96.9 Å². The summed E-state index contributed by atoms with van der Waals surface area (Å²) >= 11 is 0. The highest BCUT2D eigenvalue weighted by atomic mass is 31.2. The van der Waals surface area contributed by atoms with Crippen LogP contribution in [0.4, 0.5) is 4.79 Å². The SMILES string of the molecule is CCOC(=O)NOP(=O)([O-])OCCc1ccccc1. The van der Waals surface area contributed by atoms with Crippen LogP contribution < -0.4 is 10.4 Å². The molecule has 19 heavy (non-hydrogen) atoms. The van der Waals surface area contributed by atoms with Gasteiger partial charge in [0.25, 0.3) is 7.82 Å². The zero-order chi connectivity index (χ0) is 14.1. The summed E-state index contributed by atoms with van der Waals surface area (Å²) in [6.07, 6.45) is -0.583. The van der Waals surface area contributed by atoms with Crippen LogP contribution in [-0.4, -0.2) is 19.3 Å². The first kappa shape index (κ1) is 15.7. The predicted octanol–water partition coefficient (Wildman–Crippen LogP) is 1.39. The minimum absolute atomic E-state index is 0.0741. The molecule has 0 spiro atoms. The van der Waals surface area contributed by atoms with E-state index in [1.165, 1.54) is 0 Å². The predicted molar refractivity (Wildman–Crippen MR) is 64.9 cm³/mol. The lowest BCUT2D eigenvalue weighted by atomic mass is 10.2. The smallest absolute Gasteiger partial charge is 0.431 e. The second-order valence-electron chi connectivity index (χ2n) is 3.43. The molecule has 0 heterocycles. The molecule has 0 bridgehead atoms. The van der Waals surface area contributed by atoms with E-state index < -0.39 is 13.9 Å². The summed E-state index contributed by atoms with van der Waals surface area (Å²) in [6, 6.07) is 9.22. The van der Waals surface area contributed by atoms with Crippen LogP contribution in [0.15, 0.2) is 30.3 Å². The number of benzene rings is 1. The van der Waals surface area contributed by atoms with Crippen molar-refractivity contribution in [2.75, 3.05) is 13.2 Å². The minimum Gasteiger partial charge on any atom is -0.755 e. The molecule has 1 rings (SSSR count). The lowest BCUT2D eigenvalue weighted by Gasteiger charge is -2.21. The second-order valence-corrected chi connectivity index (χ2v) is 4.77. The number of rotatable bonds is 7. The molecule has 0 saturated heterocycles. The van der Waals surface area contributed by atoms with Crippen molar-refractivity contribution in [3.05, 3.63) is 35.9 Å². The third-order valence-corrected chi connectivity index (χ3v) is 2.81. The van der Waals surface area contributed by atoms with Crippen LogP contribution in [0.3, 0.4) is 0 Å². The second kappa shape index (κ2) is 7.91. The van der Waals surface area contributed by atoms with Gasteiger partial charge in [-0.1, -0.05) is 30.3 Å². The Hall–Kier alpha value is -1.40. The Morgan fingerprint density at radius 3 is 2.68 bits per heavy atom. The molecule has 1 unspecified atom stereocenters. The Bertz CT molecular complexity index is 438. The third-order valence-electron chi connectivity index (χ3n) is 2.00. The minimum atomic E-state index is -4.57. The van der Waals surface area contributed by atoms with E-state index in [4.69, 9.17) is 0 Å². The van der Waals surface area contributed by atoms with Crippen LogP contribution in [0, 0.1) is 0 Å². The molecule has 1 amide bonds. The largest absolute Gasteiger partial charge is 0.755 e. The number of hydrogen-bond acceptors (Lipinski definition) is 6. The molecule has 1 aromatic carbocycles. The van der Waals surface area contributed by atoms with E-state index in [1.54, 1.807) is 12.4 Å². The highest BCUT2D eigenvalue weighted by molar-refractivity contribution is 7.45. The third kappa shape index (κ3) is 6.93. The molecule has 106 valence electrons. The van der Waals surface area contributed by atoms with E-state index in [0.29, 0.717) is 6.42 Å². The molecule has 0 aliphatic carbocycles. The number of phosphoric ester groups is 1. The van der Waals surface area contributed by atoms with Gasteiger partial charge in [-0.3, -0.25) is 4.57 Å². The molecule has 1 aromatic rings. The van der Waals surface area contributed by atoms with Crippen LogP contribution in [0.5, 0.6) is 0 Å². The summed E-state index contributed by atoms with van der Waals surface area (Å²) in [5, 5.41) is 0. The van der Waals surface area contributed by atoms with E-state index in [0.717, 1.165) is 5.56 Å². The van der Waals surface area contributed by atoms with Crippen LogP contribution in [0.25, 0.3) is 0 Å². The fourth-order valence-electron chi connectivity index (χ4n) is 1.20. The van der Waals surface area contributed by atoms with Gasteiger partial charge in [0.2, 0.25) is 0 Å². The van der Waals surface area contributed by atoms with Gasteiger partial charge in [0.1, 0.15) is 0 Å². The molecule has 1 atom stereocenters. The Balaban J connectivity index is 2.27. The number of hydrogen-bond donors (Lipinski definition) is 1. The van der Waals surface area contributed by atoms with Gasteiger partial charge in [-0.15, -0.1) is 0 Å². The van der Waals surface area contributed by atoms with Crippen molar-refractivity contribution in [3.63, 3.8) is 0 Å². The number of ether oxygens (including phenoxy) is 1. The molecule has 7 nitrogen and oxygen atoms in total. The molecule has 0 aromatic heterocycles. The van der Waals surface area contributed by atoms with Gasteiger partial charge in [0.05, 0.1) is 13.2 Å². The first-order chi connectivity index (χ1) is 9.03. The molecular weight excluding hydrogens is 273 g/mol. The van der Waals surface area contributed by atoms with Crippen molar-refractivity contribution in [1.82, 2.24) is 5.48 Å². The maximum atomic E-state index is 11.2. The lowest BCUT2D eigenvalue weighted by molar-refractivity contribution is -0.230. The van der Waals surface area contributed by atoms with Gasteiger partial charge >= 0.3 is 6.09 Å². The summed E-state index contributed by atoms with van der Waals surface area (Å²) < 4.78 is 24.4. The average molecular weight is 288 g/mol. The van der Waals surface area contributed by atoms with Gasteiger partial charge in [-0.05, 0) is 18.9 Å². The van der Waals surface area contributed by atoms with Crippen LogP contribution in [0.1, 0.15) is 12.5 Å². The highest BCUT2D eigenvalue weighted by Crippen LogP contribution is 2.36. The highest BCUT2D eigenvalue weighted by Gasteiger charge is 2.12. The van der Waals surface area contributed by atoms with Gasteiger partial charge in [-0.25, -0.2) is 4.79 Å². The fraction of sp³-hybridized carbons (Fsp3) is 0.364. The van der Waals surface area contributed by atoms with E-state index in [2.05, 4.69) is 13.9 Å². The van der Waals surface area contributed by atoms with E-state index in [-0.39, 0.29) is 13.2 Å².